The van der Waals surface area contributed by atoms with Crippen molar-refractivity contribution in [3.8, 4) is 0 Å². The summed E-state index contributed by atoms with van der Waals surface area (Å²) in [6.07, 6.45) is 4.13. The van der Waals surface area contributed by atoms with Gasteiger partial charge in [-0.25, -0.2) is 0 Å². The van der Waals surface area contributed by atoms with Crippen LogP contribution in [0.5, 0.6) is 0 Å². The molecule has 2 aliphatic rings. The topological polar surface area (TPSA) is 41.9 Å². The molecule has 6 atom stereocenters. The number of hydrogen-bond donors (Lipinski definition) is 1. The van der Waals surface area contributed by atoms with Crippen LogP contribution in [-0.4, -0.2) is 60.7 Å². The largest absolute Gasteiger partial charge is 0.389 e. The van der Waals surface area contributed by atoms with Crippen molar-refractivity contribution in [1.82, 2.24) is 4.90 Å². The van der Waals surface area contributed by atoms with Crippen LogP contribution in [-0.2, 0) is 9.47 Å². The van der Waals surface area contributed by atoms with E-state index in [0.29, 0.717) is 25.2 Å². The Morgan fingerprint density at radius 2 is 1.70 bits per heavy atom. The molecule has 0 aromatic carbocycles. The smallest absolute Gasteiger partial charge is 0.0900 e. The molecule has 1 aliphatic heterocycles. The predicted molar refractivity (Wildman–Crippen MR) is 95.7 cm³/mol. The molecule has 1 saturated heterocycles. The molecule has 138 valence electrons. The number of hydrogen-bond acceptors (Lipinski definition) is 4. The maximum absolute atomic E-state index is 10.2. The fraction of sp³-hybridized carbons (Fsp3) is 1.00. The molecule has 0 radical (unpaired) electrons. The summed E-state index contributed by atoms with van der Waals surface area (Å²) in [4.78, 5) is 2.29. The minimum Gasteiger partial charge on any atom is -0.389 e. The summed E-state index contributed by atoms with van der Waals surface area (Å²) in [6.45, 7) is 15.7. The fourth-order valence-corrected chi connectivity index (χ4v) is 3.73. The van der Waals surface area contributed by atoms with Gasteiger partial charge in [0.25, 0.3) is 0 Å². The van der Waals surface area contributed by atoms with E-state index in [4.69, 9.17) is 9.47 Å². The van der Waals surface area contributed by atoms with Crippen molar-refractivity contribution >= 4 is 0 Å². The summed E-state index contributed by atoms with van der Waals surface area (Å²) in [5.41, 5.74) is 0. The highest BCUT2D eigenvalue weighted by Crippen LogP contribution is 2.30. The van der Waals surface area contributed by atoms with Crippen molar-refractivity contribution in [2.45, 2.75) is 85.2 Å². The molecule has 1 saturated carbocycles. The summed E-state index contributed by atoms with van der Waals surface area (Å²) >= 11 is 0. The lowest BCUT2D eigenvalue weighted by atomic mass is 9.82. The third-order valence-electron chi connectivity index (χ3n) is 4.85. The zero-order chi connectivity index (χ0) is 17.4. The van der Waals surface area contributed by atoms with Crippen LogP contribution >= 0.6 is 0 Å². The number of aliphatic hydroxyl groups is 1. The first-order valence-corrected chi connectivity index (χ1v) is 9.61. The van der Waals surface area contributed by atoms with Gasteiger partial charge in [0.2, 0.25) is 0 Å². The van der Waals surface area contributed by atoms with E-state index in [1.54, 1.807) is 0 Å². The lowest BCUT2D eigenvalue weighted by Gasteiger charge is -2.37. The molecule has 4 nitrogen and oxygen atoms in total. The third-order valence-corrected chi connectivity index (χ3v) is 4.85. The summed E-state index contributed by atoms with van der Waals surface area (Å²) in [6, 6.07) is 0. The predicted octanol–water partition coefficient (Wildman–Crippen LogP) is 3.32. The van der Waals surface area contributed by atoms with Crippen molar-refractivity contribution in [3.05, 3.63) is 0 Å². The van der Waals surface area contributed by atoms with Crippen LogP contribution in [0.4, 0.5) is 0 Å². The van der Waals surface area contributed by atoms with Crippen molar-refractivity contribution in [2.24, 2.45) is 11.8 Å². The van der Waals surface area contributed by atoms with Crippen LogP contribution < -0.4 is 0 Å². The van der Waals surface area contributed by atoms with Crippen LogP contribution in [0.15, 0.2) is 0 Å². The van der Waals surface area contributed by atoms with E-state index >= 15 is 0 Å². The van der Waals surface area contributed by atoms with E-state index in [1.165, 1.54) is 12.8 Å². The molecule has 0 aromatic rings. The van der Waals surface area contributed by atoms with Gasteiger partial charge in [-0.15, -0.1) is 0 Å². The standard InChI is InChI=1S/C17H33NO3.C2H6/c1-12-5-6-13(2)17(7-12)20-11-16(19)10-18-8-14(3)21-15(4)9-18;1-2/h12-17,19H,5-11H2,1-4H3;1-2H3. The Hall–Kier alpha value is -0.160. The zero-order valence-corrected chi connectivity index (χ0v) is 16.1. The van der Waals surface area contributed by atoms with Gasteiger partial charge in [-0.05, 0) is 38.5 Å². The molecular weight excluding hydrogens is 290 g/mol. The number of β-amino-alcohol motifs (C(OH)–C–C–N with tert-alkyl or cyclic N) is 1. The molecule has 1 N–H and O–H groups in total. The maximum atomic E-state index is 10.2. The molecule has 0 spiro atoms. The monoisotopic (exact) mass is 329 g/mol. The second kappa shape index (κ2) is 10.7. The molecule has 2 rings (SSSR count). The highest BCUT2D eigenvalue weighted by Gasteiger charge is 2.28. The van der Waals surface area contributed by atoms with Gasteiger partial charge in [0.05, 0.1) is 31.0 Å². The first-order valence-electron chi connectivity index (χ1n) is 9.61. The second-order valence-electron chi connectivity index (χ2n) is 7.40. The lowest BCUT2D eigenvalue weighted by molar-refractivity contribution is -0.0931. The maximum Gasteiger partial charge on any atom is 0.0900 e. The highest BCUT2D eigenvalue weighted by molar-refractivity contribution is 4.78. The quantitative estimate of drug-likeness (QED) is 0.840. The van der Waals surface area contributed by atoms with Gasteiger partial charge < -0.3 is 14.6 Å². The zero-order valence-electron chi connectivity index (χ0n) is 16.1. The van der Waals surface area contributed by atoms with Crippen molar-refractivity contribution in [2.75, 3.05) is 26.2 Å². The highest BCUT2D eigenvalue weighted by atomic mass is 16.5. The third kappa shape index (κ3) is 7.51. The Labute approximate surface area is 143 Å². The molecule has 1 heterocycles. The summed E-state index contributed by atoms with van der Waals surface area (Å²) in [5, 5.41) is 10.2. The van der Waals surface area contributed by atoms with E-state index < -0.39 is 6.10 Å². The van der Waals surface area contributed by atoms with E-state index in [9.17, 15) is 5.11 Å². The number of ether oxygens (including phenoxy) is 2. The lowest BCUT2D eigenvalue weighted by Crippen LogP contribution is -2.48. The molecule has 0 aromatic heterocycles. The van der Waals surface area contributed by atoms with Gasteiger partial charge in [-0.2, -0.15) is 0 Å². The molecule has 0 amide bonds. The Bertz CT molecular complexity index is 303. The first kappa shape index (κ1) is 20.9. The van der Waals surface area contributed by atoms with E-state index in [-0.39, 0.29) is 12.2 Å². The number of rotatable bonds is 5. The average Bonchev–Trinajstić information content (AvgIpc) is 2.49. The van der Waals surface area contributed by atoms with Crippen molar-refractivity contribution in [3.63, 3.8) is 0 Å². The molecule has 6 unspecified atom stereocenters. The normalized spacial score (nSPS) is 36.9. The van der Waals surface area contributed by atoms with E-state index in [2.05, 4.69) is 32.6 Å². The van der Waals surface area contributed by atoms with E-state index in [0.717, 1.165) is 25.4 Å². The Morgan fingerprint density at radius 3 is 2.30 bits per heavy atom. The summed E-state index contributed by atoms with van der Waals surface area (Å²) in [5.74, 6) is 1.38. The van der Waals surface area contributed by atoms with Crippen LogP contribution in [0, 0.1) is 11.8 Å². The van der Waals surface area contributed by atoms with Crippen molar-refractivity contribution in [1.29, 1.82) is 0 Å². The minimum atomic E-state index is -0.396. The molecule has 1 aliphatic carbocycles. The molecule has 0 bridgehead atoms. The van der Waals surface area contributed by atoms with Gasteiger partial charge in [-0.1, -0.05) is 34.1 Å². The number of aliphatic hydroxyl groups excluding tert-OH is 1. The van der Waals surface area contributed by atoms with Crippen LogP contribution in [0.3, 0.4) is 0 Å². The molecular formula is C19H39NO3. The van der Waals surface area contributed by atoms with Crippen molar-refractivity contribution < 1.29 is 14.6 Å². The van der Waals surface area contributed by atoms with Crippen LogP contribution in [0.1, 0.15) is 60.8 Å². The van der Waals surface area contributed by atoms with Gasteiger partial charge in [0, 0.05) is 19.6 Å². The van der Waals surface area contributed by atoms with Crippen LogP contribution in [0.25, 0.3) is 0 Å². The van der Waals surface area contributed by atoms with E-state index in [1.807, 2.05) is 13.8 Å². The van der Waals surface area contributed by atoms with Crippen LogP contribution in [0.2, 0.25) is 0 Å². The summed E-state index contributed by atoms with van der Waals surface area (Å²) in [7, 11) is 0. The Balaban J connectivity index is 0.00000127. The SMILES string of the molecule is CC.CC1CCC(C)C(OCC(O)CN2CC(C)OC(C)C2)C1. The average molecular weight is 330 g/mol. The fourth-order valence-electron chi connectivity index (χ4n) is 3.73. The second-order valence-corrected chi connectivity index (χ2v) is 7.40. The molecule has 2 fully saturated rings. The van der Waals surface area contributed by atoms with Gasteiger partial charge in [0.1, 0.15) is 0 Å². The molecule has 4 heteroatoms. The van der Waals surface area contributed by atoms with Gasteiger partial charge >= 0.3 is 0 Å². The first-order chi connectivity index (χ1) is 10.9. The van der Waals surface area contributed by atoms with Gasteiger partial charge in [0.15, 0.2) is 0 Å². The molecule has 23 heavy (non-hydrogen) atoms. The Kier molecular flexibility index (Phi) is 9.67. The number of morpholine rings is 1. The number of nitrogens with zero attached hydrogens (tertiary/aromatic N) is 1. The Morgan fingerprint density at radius 1 is 1.09 bits per heavy atom. The minimum absolute atomic E-state index is 0.251. The van der Waals surface area contributed by atoms with Gasteiger partial charge in [-0.3, -0.25) is 4.90 Å². The summed E-state index contributed by atoms with van der Waals surface area (Å²) < 4.78 is 11.7.